The fourth-order valence-electron chi connectivity index (χ4n) is 3.20. The van der Waals surface area contributed by atoms with Crippen LogP contribution in [0, 0.1) is 5.41 Å². The average molecular weight is 217 g/mol. The molecule has 0 N–H and O–H groups in total. The maximum Gasteiger partial charge on any atom is 0.0552 e. The van der Waals surface area contributed by atoms with Crippen LogP contribution in [-0.4, -0.2) is 43.1 Å². The summed E-state index contributed by atoms with van der Waals surface area (Å²) in [6, 6.07) is 4.19. The van der Waals surface area contributed by atoms with Gasteiger partial charge in [0, 0.05) is 32.4 Å². The summed E-state index contributed by atoms with van der Waals surface area (Å²) in [6.07, 6.45) is 6.50. The Labute approximate surface area is 97.1 Å². The number of rotatable bonds is 1. The predicted octanol–water partition coefficient (Wildman–Crippen LogP) is 1.61. The SMILES string of the molecule is CN1CC2(CCN(c3cccnc3)CC2)C1. The van der Waals surface area contributed by atoms with E-state index in [1.165, 1.54) is 44.7 Å². The molecule has 2 fully saturated rings. The second-order valence-corrected chi connectivity index (χ2v) is 5.37. The topological polar surface area (TPSA) is 19.4 Å². The third-order valence-corrected chi connectivity index (χ3v) is 4.05. The summed E-state index contributed by atoms with van der Waals surface area (Å²) in [4.78, 5) is 9.09. The number of hydrogen-bond donors (Lipinski definition) is 0. The van der Waals surface area contributed by atoms with E-state index in [-0.39, 0.29) is 0 Å². The largest absolute Gasteiger partial charge is 0.370 e. The van der Waals surface area contributed by atoms with E-state index >= 15 is 0 Å². The Hall–Kier alpha value is -1.09. The van der Waals surface area contributed by atoms with Gasteiger partial charge in [0.1, 0.15) is 0 Å². The molecule has 0 amide bonds. The van der Waals surface area contributed by atoms with E-state index in [9.17, 15) is 0 Å². The van der Waals surface area contributed by atoms with E-state index in [0.717, 1.165) is 0 Å². The summed E-state index contributed by atoms with van der Waals surface area (Å²) in [5.41, 5.74) is 1.93. The number of likely N-dealkylation sites (tertiary alicyclic amines) is 1. The van der Waals surface area contributed by atoms with E-state index in [4.69, 9.17) is 0 Å². The first kappa shape index (κ1) is 10.1. The minimum atomic E-state index is 0.646. The van der Waals surface area contributed by atoms with Crippen LogP contribution in [-0.2, 0) is 0 Å². The van der Waals surface area contributed by atoms with Crippen molar-refractivity contribution in [1.82, 2.24) is 9.88 Å². The highest BCUT2D eigenvalue weighted by molar-refractivity contribution is 5.44. The number of aromatic nitrogens is 1. The second kappa shape index (κ2) is 3.74. The van der Waals surface area contributed by atoms with Gasteiger partial charge in [-0.3, -0.25) is 4.98 Å². The lowest BCUT2D eigenvalue weighted by atomic mass is 9.72. The summed E-state index contributed by atoms with van der Waals surface area (Å²) < 4.78 is 0. The van der Waals surface area contributed by atoms with Crippen LogP contribution >= 0.6 is 0 Å². The van der Waals surface area contributed by atoms with Crippen molar-refractivity contribution < 1.29 is 0 Å². The van der Waals surface area contributed by atoms with Gasteiger partial charge < -0.3 is 9.80 Å². The van der Waals surface area contributed by atoms with Crippen LogP contribution in [0.4, 0.5) is 5.69 Å². The zero-order valence-corrected chi connectivity index (χ0v) is 9.89. The van der Waals surface area contributed by atoms with Gasteiger partial charge in [0.2, 0.25) is 0 Å². The fraction of sp³-hybridized carbons (Fsp3) is 0.615. The molecule has 0 bridgehead atoms. The molecule has 0 aliphatic carbocycles. The first-order valence-corrected chi connectivity index (χ1v) is 6.11. The van der Waals surface area contributed by atoms with Crippen molar-refractivity contribution in [3.8, 4) is 0 Å². The van der Waals surface area contributed by atoms with Crippen LogP contribution in [0.3, 0.4) is 0 Å². The van der Waals surface area contributed by atoms with Crippen LogP contribution in [0.25, 0.3) is 0 Å². The Morgan fingerprint density at radius 3 is 2.56 bits per heavy atom. The van der Waals surface area contributed by atoms with E-state index < -0.39 is 0 Å². The molecule has 0 unspecified atom stereocenters. The van der Waals surface area contributed by atoms with Crippen molar-refractivity contribution in [2.75, 3.05) is 38.1 Å². The van der Waals surface area contributed by atoms with Crippen molar-refractivity contribution in [2.45, 2.75) is 12.8 Å². The first-order chi connectivity index (χ1) is 7.77. The van der Waals surface area contributed by atoms with E-state index in [1.807, 2.05) is 18.5 Å². The van der Waals surface area contributed by atoms with Crippen molar-refractivity contribution in [2.24, 2.45) is 5.41 Å². The minimum Gasteiger partial charge on any atom is -0.370 e. The molecule has 2 aliphatic rings. The smallest absolute Gasteiger partial charge is 0.0552 e. The molecular formula is C13H19N3. The van der Waals surface area contributed by atoms with Crippen LogP contribution in [0.2, 0.25) is 0 Å². The molecule has 0 aromatic carbocycles. The number of piperidine rings is 1. The molecule has 16 heavy (non-hydrogen) atoms. The normalized spacial score (nSPS) is 24.4. The number of nitrogens with zero attached hydrogens (tertiary/aromatic N) is 3. The molecule has 2 aliphatic heterocycles. The van der Waals surface area contributed by atoms with Gasteiger partial charge in [0.05, 0.1) is 11.9 Å². The first-order valence-electron chi connectivity index (χ1n) is 6.11. The number of pyridine rings is 1. The monoisotopic (exact) mass is 217 g/mol. The lowest BCUT2D eigenvalue weighted by Gasteiger charge is -2.53. The maximum absolute atomic E-state index is 4.19. The summed E-state index contributed by atoms with van der Waals surface area (Å²) in [6.45, 7) is 4.99. The molecule has 1 aromatic rings. The number of hydrogen-bond acceptors (Lipinski definition) is 3. The minimum absolute atomic E-state index is 0.646. The maximum atomic E-state index is 4.19. The Balaban J connectivity index is 1.63. The van der Waals surface area contributed by atoms with Gasteiger partial charge in [-0.1, -0.05) is 0 Å². The number of anilines is 1. The van der Waals surface area contributed by atoms with Crippen LogP contribution in [0.15, 0.2) is 24.5 Å². The highest BCUT2D eigenvalue weighted by Gasteiger charge is 2.42. The summed E-state index contributed by atoms with van der Waals surface area (Å²) in [5, 5.41) is 0. The Bertz CT molecular complexity index is 347. The van der Waals surface area contributed by atoms with Gasteiger partial charge in [-0.25, -0.2) is 0 Å². The quantitative estimate of drug-likeness (QED) is 0.712. The van der Waals surface area contributed by atoms with Crippen molar-refractivity contribution >= 4 is 5.69 Å². The van der Waals surface area contributed by atoms with Gasteiger partial charge in [0.15, 0.2) is 0 Å². The third-order valence-electron chi connectivity index (χ3n) is 4.05. The van der Waals surface area contributed by atoms with Crippen molar-refractivity contribution in [1.29, 1.82) is 0 Å². The molecule has 3 heterocycles. The van der Waals surface area contributed by atoms with Gasteiger partial charge in [-0.05, 0) is 37.4 Å². The van der Waals surface area contributed by atoms with E-state index in [2.05, 4.69) is 27.9 Å². The van der Waals surface area contributed by atoms with Crippen molar-refractivity contribution in [3.05, 3.63) is 24.5 Å². The molecule has 3 nitrogen and oxygen atoms in total. The van der Waals surface area contributed by atoms with Gasteiger partial charge >= 0.3 is 0 Å². The third kappa shape index (κ3) is 1.69. The summed E-state index contributed by atoms with van der Waals surface area (Å²) >= 11 is 0. The molecule has 3 rings (SSSR count). The Morgan fingerprint density at radius 1 is 1.25 bits per heavy atom. The molecule has 86 valence electrons. The van der Waals surface area contributed by atoms with Gasteiger partial charge in [-0.2, -0.15) is 0 Å². The van der Waals surface area contributed by atoms with Gasteiger partial charge in [0.25, 0.3) is 0 Å². The molecule has 0 saturated carbocycles. The summed E-state index contributed by atoms with van der Waals surface area (Å²) in [7, 11) is 2.22. The van der Waals surface area contributed by atoms with Crippen LogP contribution < -0.4 is 4.90 Å². The molecular weight excluding hydrogens is 198 g/mol. The average Bonchev–Trinajstić information content (AvgIpc) is 2.29. The Kier molecular flexibility index (Phi) is 2.36. The zero-order valence-electron chi connectivity index (χ0n) is 9.89. The molecule has 0 radical (unpaired) electrons. The van der Waals surface area contributed by atoms with Crippen molar-refractivity contribution in [3.63, 3.8) is 0 Å². The second-order valence-electron chi connectivity index (χ2n) is 5.37. The van der Waals surface area contributed by atoms with E-state index in [0.29, 0.717) is 5.41 Å². The summed E-state index contributed by atoms with van der Waals surface area (Å²) in [5.74, 6) is 0. The highest BCUT2D eigenvalue weighted by Crippen LogP contribution is 2.40. The molecule has 0 atom stereocenters. The molecule has 2 saturated heterocycles. The van der Waals surface area contributed by atoms with Gasteiger partial charge in [-0.15, -0.1) is 0 Å². The molecule has 3 heteroatoms. The molecule has 1 spiro atoms. The van der Waals surface area contributed by atoms with Crippen LogP contribution in [0.5, 0.6) is 0 Å². The molecule has 1 aromatic heterocycles. The predicted molar refractivity (Wildman–Crippen MR) is 65.6 cm³/mol. The zero-order chi connectivity index (χ0) is 11.0. The lowest BCUT2D eigenvalue weighted by Crippen LogP contribution is -2.58. The van der Waals surface area contributed by atoms with Crippen LogP contribution in [0.1, 0.15) is 12.8 Å². The fourth-order valence-corrected chi connectivity index (χ4v) is 3.20. The Morgan fingerprint density at radius 2 is 2.00 bits per heavy atom. The lowest BCUT2D eigenvalue weighted by molar-refractivity contribution is 0.00131. The standard InChI is InChI=1S/C13H19N3/c1-15-10-13(11-15)4-7-16(8-5-13)12-3-2-6-14-9-12/h2-3,6,9H,4-5,7-8,10-11H2,1H3. The van der Waals surface area contributed by atoms with E-state index in [1.54, 1.807) is 0 Å². The highest BCUT2D eigenvalue weighted by atomic mass is 15.2.